The Morgan fingerprint density at radius 3 is 2.29 bits per heavy atom. The number of hydrogen-bond acceptors (Lipinski definition) is 5. The number of aliphatic hydroxyl groups is 1. The minimum Gasteiger partial charge on any atom is -0.490 e. The highest BCUT2D eigenvalue weighted by atomic mass is 16.5. The Hall–Kier alpha value is -1.14. The maximum absolute atomic E-state index is 9.89. The van der Waals surface area contributed by atoms with Crippen molar-refractivity contribution in [1.82, 2.24) is 14.7 Å². The molecule has 5 heteroatoms. The molecule has 2 heterocycles. The topological polar surface area (TPSA) is 39.2 Å². The zero-order valence-corrected chi connectivity index (χ0v) is 17.4. The van der Waals surface area contributed by atoms with Crippen molar-refractivity contribution >= 4 is 0 Å². The summed E-state index contributed by atoms with van der Waals surface area (Å²) in [5.74, 6) is 2.00. The van der Waals surface area contributed by atoms with E-state index >= 15 is 0 Å². The van der Waals surface area contributed by atoms with Gasteiger partial charge in [0.05, 0.1) is 6.10 Å². The Kier molecular flexibility index (Phi) is 6.89. The van der Waals surface area contributed by atoms with Crippen LogP contribution in [0.25, 0.3) is 0 Å². The van der Waals surface area contributed by atoms with E-state index < -0.39 is 0 Å². The summed E-state index contributed by atoms with van der Waals surface area (Å²) in [5, 5.41) is 9.89. The Morgan fingerprint density at radius 2 is 1.61 bits per heavy atom. The van der Waals surface area contributed by atoms with Gasteiger partial charge in [0.2, 0.25) is 0 Å². The van der Waals surface area contributed by atoms with E-state index in [9.17, 15) is 5.11 Å². The number of aliphatic hydroxyl groups excluding tert-OH is 1. The fourth-order valence-corrected chi connectivity index (χ4v) is 5.07. The standard InChI is InChI=1S/C23H37N3O2/c1-24-10-12-25(13-11-24)15-20-16-26(17-21(20)18-27)14-19-6-8-23(9-7-19)28-22-4-2-3-5-22/h6-9,20-22,27H,2-5,10-18H2,1H3/t20-,21-/m1/s1. The molecule has 0 amide bonds. The lowest BCUT2D eigenvalue weighted by atomic mass is 9.96. The molecule has 0 bridgehead atoms. The third kappa shape index (κ3) is 5.26. The third-order valence-corrected chi connectivity index (χ3v) is 6.91. The van der Waals surface area contributed by atoms with E-state index in [1.807, 2.05) is 0 Å². The molecule has 1 aromatic carbocycles. The first kappa shape index (κ1) is 20.1. The lowest BCUT2D eigenvalue weighted by Crippen LogP contribution is -2.47. The van der Waals surface area contributed by atoms with Gasteiger partial charge in [-0.3, -0.25) is 4.90 Å². The molecule has 1 N–H and O–H groups in total. The van der Waals surface area contributed by atoms with Crippen LogP contribution in [0.4, 0.5) is 0 Å². The largest absolute Gasteiger partial charge is 0.490 e. The van der Waals surface area contributed by atoms with Gasteiger partial charge in [-0.15, -0.1) is 0 Å². The summed E-state index contributed by atoms with van der Waals surface area (Å²) < 4.78 is 6.09. The monoisotopic (exact) mass is 387 g/mol. The fourth-order valence-electron chi connectivity index (χ4n) is 5.07. The van der Waals surface area contributed by atoms with Gasteiger partial charge >= 0.3 is 0 Å². The summed E-state index contributed by atoms with van der Waals surface area (Å²) in [6.45, 7) is 9.16. The van der Waals surface area contributed by atoms with E-state index in [0.717, 1.165) is 58.1 Å². The van der Waals surface area contributed by atoms with Crippen LogP contribution >= 0.6 is 0 Å². The molecule has 156 valence electrons. The molecule has 1 saturated carbocycles. The maximum atomic E-state index is 9.89. The Balaban J connectivity index is 1.27. The van der Waals surface area contributed by atoms with Crippen molar-refractivity contribution in [3.05, 3.63) is 29.8 Å². The smallest absolute Gasteiger partial charge is 0.119 e. The molecule has 0 spiro atoms. The zero-order valence-electron chi connectivity index (χ0n) is 17.4. The van der Waals surface area contributed by atoms with Gasteiger partial charge in [-0.1, -0.05) is 12.1 Å². The van der Waals surface area contributed by atoms with Gasteiger partial charge in [-0.05, 0) is 62.3 Å². The minimum atomic E-state index is 0.309. The van der Waals surface area contributed by atoms with Crippen LogP contribution in [0, 0.1) is 11.8 Å². The lowest BCUT2D eigenvalue weighted by molar-refractivity contribution is 0.116. The van der Waals surface area contributed by atoms with Gasteiger partial charge in [-0.25, -0.2) is 0 Å². The van der Waals surface area contributed by atoms with Crippen LogP contribution in [-0.2, 0) is 6.54 Å². The van der Waals surface area contributed by atoms with Crippen molar-refractivity contribution in [1.29, 1.82) is 0 Å². The first-order chi connectivity index (χ1) is 13.7. The second-order valence-corrected chi connectivity index (χ2v) is 9.17. The fraction of sp³-hybridized carbons (Fsp3) is 0.739. The lowest BCUT2D eigenvalue weighted by Gasteiger charge is -2.34. The van der Waals surface area contributed by atoms with Gasteiger partial charge in [-0.2, -0.15) is 0 Å². The predicted octanol–water partition coefficient (Wildman–Crippen LogP) is 2.30. The van der Waals surface area contributed by atoms with Crippen molar-refractivity contribution in [3.63, 3.8) is 0 Å². The number of hydrogen-bond donors (Lipinski definition) is 1. The van der Waals surface area contributed by atoms with Crippen molar-refractivity contribution in [2.45, 2.75) is 38.3 Å². The molecule has 2 saturated heterocycles. The predicted molar refractivity (Wildman–Crippen MR) is 113 cm³/mol. The molecule has 1 aromatic rings. The number of nitrogens with zero attached hydrogens (tertiary/aromatic N) is 3. The molecule has 0 radical (unpaired) electrons. The normalized spacial score (nSPS) is 28.2. The van der Waals surface area contributed by atoms with Crippen LogP contribution in [0.2, 0.25) is 0 Å². The van der Waals surface area contributed by atoms with Crippen molar-refractivity contribution < 1.29 is 9.84 Å². The first-order valence-electron chi connectivity index (χ1n) is 11.2. The molecule has 0 aromatic heterocycles. The summed E-state index contributed by atoms with van der Waals surface area (Å²) in [6, 6.07) is 8.70. The molecule has 2 aliphatic heterocycles. The summed E-state index contributed by atoms with van der Waals surface area (Å²) in [7, 11) is 2.20. The van der Waals surface area contributed by atoms with E-state index in [0.29, 0.717) is 24.5 Å². The van der Waals surface area contributed by atoms with Crippen LogP contribution in [0.15, 0.2) is 24.3 Å². The number of ether oxygens (including phenoxy) is 1. The van der Waals surface area contributed by atoms with E-state index in [1.54, 1.807) is 0 Å². The average molecular weight is 388 g/mol. The van der Waals surface area contributed by atoms with Gasteiger partial charge in [0.1, 0.15) is 5.75 Å². The van der Waals surface area contributed by atoms with Gasteiger partial charge in [0.25, 0.3) is 0 Å². The summed E-state index contributed by atoms with van der Waals surface area (Å²) in [5.41, 5.74) is 1.34. The Bertz CT molecular complexity index is 594. The Morgan fingerprint density at radius 1 is 0.929 bits per heavy atom. The zero-order chi connectivity index (χ0) is 19.3. The van der Waals surface area contributed by atoms with Gasteiger partial charge in [0, 0.05) is 59.0 Å². The number of benzene rings is 1. The molecular weight excluding hydrogens is 350 g/mol. The number of piperazine rings is 1. The Labute approximate surface area is 170 Å². The van der Waals surface area contributed by atoms with E-state index in [4.69, 9.17) is 4.74 Å². The summed E-state index contributed by atoms with van der Waals surface area (Å²) in [6.07, 6.45) is 5.43. The highest BCUT2D eigenvalue weighted by Crippen LogP contribution is 2.27. The van der Waals surface area contributed by atoms with Crippen LogP contribution in [0.3, 0.4) is 0 Å². The summed E-state index contributed by atoms with van der Waals surface area (Å²) in [4.78, 5) is 7.52. The number of likely N-dealkylation sites (N-methyl/N-ethyl adjacent to an activating group) is 1. The van der Waals surface area contributed by atoms with Gasteiger partial charge < -0.3 is 19.6 Å². The molecule has 3 fully saturated rings. The highest BCUT2D eigenvalue weighted by molar-refractivity contribution is 5.27. The van der Waals surface area contributed by atoms with E-state index in [1.165, 1.54) is 31.2 Å². The molecular formula is C23H37N3O2. The second kappa shape index (κ2) is 9.57. The SMILES string of the molecule is CN1CCN(C[C@@H]2CN(Cc3ccc(OC4CCCC4)cc3)C[C@@H]2CO)CC1. The average Bonchev–Trinajstić information content (AvgIpc) is 3.35. The molecule has 3 aliphatic rings. The molecule has 1 aliphatic carbocycles. The third-order valence-electron chi connectivity index (χ3n) is 6.91. The van der Waals surface area contributed by atoms with Crippen LogP contribution in [0.5, 0.6) is 5.75 Å². The van der Waals surface area contributed by atoms with Crippen molar-refractivity contribution in [3.8, 4) is 5.75 Å². The minimum absolute atomic E-state index is 0.309. The number of likely N-dealkylation sites (tertiary alicyclic amines) is 1. The van der Waals surface area contributed by atoms with Crippen LogP contribution < -0.4 is 4.74 Å². The van der Waals surface area contributed by atoms with E-state index in [-0.39, 0.29) is 0 Å². The molecule has 4 rings (SSSR count). The summed E-state index contributed by atoms with van der Waals surface area (Å²) >= 11 is 0. The molecule has 2 atom stereocenters. The van der Waals surface area contributed by atoms with Crippen LogP contribution in [-0.4, -0.2) is 85.4 Å². The highest BCUT2D eigenvalue weighted by Gasteiger charge is 2.33. The van der Waals surface area contributed by atoms with Gasteiger partial charge in [0.15, 0.2) is 0 Å². The first-order valence-corrected chi connectivity index (χ1v) is 11.2. The molecule has 5 nitrogen and oxygen atoms in total. The van der Waals surface area contributed by atoms with Crippen molar-refractivity contribution in [2.75, 3.05) is 59.5 Å². The van der Waals surface area contributed by atoms with E-state index in [2.05, 4.69) is 46.0 Å². The number of rotatable bonds is 7. The quantitative estimate of drug-likeness (QED) is 0.777. The van der Waals surface area contributed by atoms with Crippen LogP contribution in [0.1, 0.15) is 31.2 Å². The molecule has 28 heavy (non-hydrogen) atoms. The second-order valence-electron chi connectivity index (χ2n) is 9.17. The maximum Gasteiger partial charge on any atom is 0.119 e. The van der Waals surface area contributed by atoms with Crippen molar-refractivity contribution in [2.24, 2.45) is 11.8 Å². The molecule has 0 unspecified atom stereocenters.